The number of anilines is 1. The Bertz CT molecular complexity index is 718. The van der Waals surface area contributed by atoms with Gasteiger partial charge in [-0.1, -0.05) is 27.2 Å². The summed E-state index contributed by atoms with van der Waals surface area (Å²) in [6.07, 6.45) is -0.525. The molecule has 0 atom stereocenters. The third-order valence-electron chi connectivity index (χ3n) is 2.88. The SMILES string of the molecule is CN(C(=O)OC(C)(C)C)c1noc2cc(C(=O)CBr)ccc12. The molecule has 0 bridgehead atoms. The highest BCUT2D eigenvalue weighted by atomic mass is 79.9. The van der Waals surface area contributed by atoms with E-state index in [1.54, 1.807) is 46.0 Å². The van der Waals surface area contributed by atoms with Crippen molar-refractivity contribution in [1.29, 1.82) is 0 Å². The van der Waals surface area contributed by atoms with E-state index in [2.05, 4.69) is 21.1 Å². The van der Waals surface area contributed by atoms with E-state index >= 15 is 0 Å². The van der Waals surface area contributed by atoms with Crippen LogP contribution in [0.2, 0.25) is 0 Å². The summed E-state index contributed by atoms with van der Waals surface area (Å²) in [6, 6.07) is 4.99. The Morgan fingerprint density at radius 2 is 2.05 bits per heavy atom. The van der Waals surface area contributed by atoms with E-state index in [9.17, 15) is 9.59 Å². The van der Waals surface area contributed by atoms with Crippen LogP contribution in [-0.2, 0) is 4.74 Å². The van der Waals surface area contributed by atoms with Crippen molar-refractivity contribution in [2.24, 2.45) is 0 Å². The fourth-order valence-corrected chi connectivity index (χ4v) is 2.16. The molecular formula is C15H17BrN2O4. The molecule has 1 aromatic carbocycles. The molecule has 0 N–H and O–H groups in total. The van der Waals surface area contributed by atoms with Gasteiger partial charge in [-0.25, -0.2) is 4.79 Å². The van der Waals surface area contributed by atoms with Gasteiger partial charge in [0, 0.05) is 12.6 Å². The fraction of sp³-hybridized carbons (Fsp3) is 0.400. The molecule has 22 heavy (non-hydrogen) atoms. The monoisotopic (exact) mass is 368 g/mol. The third-order valence-corrected chi connectivity index (χ3v) is 3.39. The van der Waals surface area contributed by atoms with Crippen molar-refractivity contribution >= 4 is 44.6 Å². The van der Waals surface area contributed by atoms with Gasteiger partial charge in [0.2, 0.25) is 0 Å². The van der Waals surface area contributed by atoms with Crippen molar-refractivity contribution in [3.05, 3.63) is 23.8 Å². The number of hydrogen-bond acceptors (Lipinski definition) is 5. The Morgan fingerprint density at radius 1 is 1.36 bits per heavy atom. The Balaban J connectivity index is 2.33. The van der Waals surface area contributed by atoms with E-state index in [0.29, 0.717) is 22.4 Å². The summed E-state index contributed by atoms with van der Waals surface area (Å²) in [6.45, 7) is 5.37. The van der Waals surface area contributed by atoms with Crippen molar-refractivity contribution in [2.45, 2.75) is 26.4 Å². The van der Waals surface area contributed by atoms with Gasteiger partial charge in [0.25, 0.3) is 0 Å². The van der Waals surface area contributed by atoms with Crippen molar-refractivity contribution in [1.82, 2.24) is 5.16 Å². The number of rotatable bonds is 3. The second kappa shape index (κ2) is 6.08. The molecule has 7 heteroatoms. The molecule has 1 aromatic heterocycles. The van der Waals surface area contributed by atoms with Gasteiger partial charge in [0.1, 0.15) is 5.60 Å². The molecule has 0 radical (unpaired) electrons. The van der Waals surface area contributed by atoms with Crippen LogP contribution >= 0.6 is 15.9 Å². The molecule has 118 valence electrons. The maximum atomic E-state index is 12.1. The average molecular weight is 369 g/mol. The van der Waals surface area contributed by atoms with Crippen LogP contribution in [0.3, 0.4) is 0 Å². The number of aromatic nitrogens is 1. The molecule has 0 fully saturated rings. The fourth-order valence-electron chi connectivity index (χ4n) is 1.83. The zero-order chi connectivity index (χ0) is 16.5. The van der Waals surface area contributed by atoms with Crippen LogP contribution in [0, 0.1) is 0 Å². The predicted octanol–water partition coefficient (Wildman–Crippen LogP) is 3.78. The first-order valence-electron chi connectivity index (χ1n) is 6.68. The van der Waals surface area contributed by atoms with Crippen LogP contribution in [0.1, 0.15) is 31.1 Å². The number of nitrogens with zero attached hydrogens (tertiary/aromatic N) is 2. The topological polar surface area (TPSA) is 72.6 Å². The number of ketones is 1. The number of ether oxygens (including phenoxy) is 1. The highest BCUT2D eigenvalue weighted by Gasteiger charge is 2.24. The van der Waals surface area contributed by atoms with Crippen LogP contribution in [0.15, 0.2) is 22.7 Å². The van der Waals surface area contributed by atoms with Gasteiger partial charge < -0.3 is 9.26 Å². The van der Waals surface area contributed by atoms with Crippen molar-refractivity contribution in [2.75, 3.05) is 17.3 Å². The summed E-state index contributed by atoms with van der Waals surface area (Å²) in [7, 11) is 1.56. The molecule has 1 heterocycles. The van der Waals surface area contributed by atoms with Crippen LogP contribution in [0.25, 0.3) is 11.0 Å². The van der Waals surface area contributed by atoms with Crippen LogP contribution in [0.4, 0.5) is 10.6 Å². The van der Waals surface area contributed by atoms with Gasteiger partial charge in [-0.3, -0.25) is 9.69 Å². The lowest BCUT2D eigenvalue weighted by atomic mass is 10.1. The van der Waals surface area contributed by atoms with Gasteiger partial charge in [-0.2, -0.15) is 0 Å². The summed E-state index contributed by atoms with van der Waals surface area (Å²) < 4.78 is 10.5. The number of Topliss-reactive ketones (excluding diaryl/α,β-unsaturated/α-hetero) is 1. The van der Waals surface area contributed by atoms with Gasteiger partial charge in [-0.05, 0) is 32.9 Å². The average Bonchev–Trinajstić information content (AvgIpc) is 2.86. The van der Waals surface area contributed by atoms with Crippen LogP contribution in [0.5, 0.6) is 0 Å². The number of fused-ring (bicyclic) bond motifs is 1. The summed E-state index contributed by atoms with van der Waals surface area (Å²) in [5.41, 5.74) is 0.365. The van der Waals surface area contributed by atoms with E-state index < -0.39 is 11.7 Å². The number of carbonyl (C=O) groups excluding carboxylic acids is 2. The third kappa shape index (κ3) is 3.47. The zero-order valence-electron chi connectivity index (χ0n) is 12.8. The van der Waals surface area contributed by atoms with Gasteiger partial charge >= 0.3 is 6.09 Å². The number of amides is 1. The Labute approximate surface area is 136 Å². The number of carbonyl (C=O) groups is 2. The summed E-state index contributed by atoms with van der Waals surface area (Å²) >= 11 is 3.13. The molecule has 0 saturated carbocycles. The molecule has 0 aliphatic heterocycles. The summed E-state index contributed by atoms with van der Waals surface area (Å²) in [5, 5.41) is 4.77. The van der Waals surface area contributed by atoms with Crippen molar-refractivity contribution < 1.29 is 18.8 Å². The molecule has 0 spiro atoms. The van der Waals surface area contributed by atoms with E-state index in [-0.39, 0.29) is 11.1 Å². The molecule has 0 aliphatic carbocycles. The minimum Gasteiger partial charge on any atom is -0.443 e. The first kappa shape index (κ1) is 16.5. The van der Waals surface area contributed by atoms with Crippen LogP contribution < -0.4 is 4.90 Å². The molecule has 2 rings (SSSR count). The molecule has 0 saturated heterocycles. The second-order valence-corrected chi connectivity index (χ2v) is 6.37. The van der Waals surface area contributed by atoms with Crippen molar-refractivity contribution in [3.63, 3.8) is 0 Å². The van der Waals surface area contributed by atoms with E-state index in [1.165, 1.54) is 4.90 Å². The van der Waals surface area contributed by atoms with Gasteiger partial charge in [0.05, 0.1) is 10.7 Å². The van der Waals surface area contributed by atoms with E-state index in [4.69, 9.17) is 9.26 Å². The molecule has 1 amide bonds. The van der Waals surface area contributed by atoms with Gasteiger partial charge in [0.15, 0.2) is 17.2 Å². The minimum atomic E-state index is -0.597. The Hall–Kier alpha value is -1.89. The number of hydrogen-bond donors (Lipinski definition) is 0. The highest BCUT2D eigenvalue weighted by Crippen LogP contribution is 2.27. The normalized spacial score (nSPS) is 11.5. The quantitative estimate of drug-likeness (QED) is 0.608. The molecule has 2 aromatic rings. The number of halogens is 1. The first-order valence-corrected chi connectivity index (χ1v) is 7.80. The summed E-state index contributed by atoms with van der Waals surface area (Å²) in [5.74, 6) is 0.294. The molecule has 0 aliphatic rings. The maximum Gasteiger partial charge on any atom is 0.415 e. The molecule has 6 nitrogen and oxygen atoms in total. The molecular weight excluding hydrogens is 352 g/mol. The lowest BCUT2D eigenvalue weighted by Crippen LogP contribution is -2.34. The predicted molar refractivity (Wildman–Crippen MR) is 86.8 cm³/mol. The second-order valence-electron chi connectivity index (χ2n) is 5.81. The highest BCUT2D eigenvalue weighted by molar-refractivity contribution is 9.09. The number of benzene rings is 1. The first-order chi connectivity index (χ1) is 10.2. The molecule has 0 unspecified atom stereocenters. The van der Waals surface area contributed by atoms with Crippen molar-refractivity contribution in [3.8, 4) is 0 Å². The van der Waals surface area contributed by atoms with E-state index in [1.807, 2.05) is 0 Å². The Kier molecular flexibility index (Phi) is 4.55. The van der Waals surface area contributed by atoms with E-state index in [0.717, 1.165) is 0 Å². The van der Waals surface area contributed by atoms with Gasteiger partial charge in [-0.15, -0.1) is 0 Å². The number of alkyl halides is 1. The lowest BCUT2D eigenvalue weighted by molar-refractivity contribution is 0.0587. The lowest BCUT2D eigenvalue weighted by Gasteiger charge is -2.23. The smallest absolute Gasteiger partial charge is 0.415 e. The summed E-state index contributed by atoms with van der Waals surface area (Å²) in [4.78, 5) is 25.0. The minimum absolute atomic E-state index is 0.0552. The maximum absolute atomic E-state index is 12.1. The van der Waals surface area contributed by atoms with Crippen LogP contribution in [-0.4, -0.2) is 35.0 Å². The standard InChI is InChI=1S/C15H17BrN2O4/c1-15(2,3)21-14(20)18(4)13-10-6-5-9(11(19)8-16)7-12(10)22-17-13/h5-7H,8H2,1-4H3. The zero-order valence-corrected chi connectivity index (χ0v) is 14.4. The largest absolute Gasteiger partial charge is 0.443 e. The Morgan fingerprint density at radius 3 is 2.64 bits per heavy atom.